The molecule has 3 N–H and O–H groups in total. The maximum absolute atomic E-state index is 9.88. The molecule has 29 heavy (non-hydrogen) atoms. The van der Waals surface area contributed by atoms with Crippen LogP contribution in [-0.2, 0) is 0 Å². The van der Waals surface area contributed by atoms with E-state index in [0.717, 1.165) is 28.0 Å². The first-order valence-electron chi connectivity index (χ1n) is 10.3. The van der Waals surface area contributed by atoms with Gasteiger partial charge in [-0.3, -0.25) is 0 Å². The number of anilines is 1. The van der Waals surface area contributed by atoms with E-state index in [2.05, 4.69) is 35.6 Å². The molecule has 1 aromatic carbocycles. The van der Waals surface area contributed by atoms with Crippen LogP contribution in [0, 0.1) is 0 Å². The van der Waals surface area contributed by atoms with Crippen LogP contribution in [0.4, 0.5) is 5.69 Å². The van der Waals surface area contributed by atoms with E-state index < -0.39 is 6.10 Å². The molecule has 1 fully saturated rings. The molecule has 1 aliphatic rings. The van der Waals surface area contributed by atoms with Crippen LogP contribution in [0.3, 0.4) is 0 Å². The average molecular weight is 396 g/mol. The third kappa shape index (κ3) is 4.52. The molecule has 3 aromatic rings. The van der Waals surface area contributed by atoms with E-state index in [-0.39, 0.29) is 12.6 Å². The minimum atomic E-state index is -0.548. The Labute approximate surface area is 171 Å². The van der Waals surface area contributed by atoms with Crippen molar-refractivity contribution < 1.29 is 9.84 Å². The number of aromatic nitrogens is 3. The summed E-state index contributed by atoms with van der Waals surface area (Å²) in [7, 11) is 1.81. The van der Waals surface area contributed by atoms with Gasteiger partial charge in [-0.1, -0.05) is 12.1 Å². The van der Waals surface area contributed by atoms with Gasteiger partial charge in [0, 0.05) is 29.9 Å². The monoisotopic (exact) mass is 395 g/mol. The van der Waals surface area contributed by atoms with E-state index in [1.54, 1.807) is 7.05 Å². The number of nitrogens with zero attached hydrogens (tertiary/aromatic N) is 3. The lowest BCUT2D eigenvalue weighted by atomic mass is 10.1. The summed E-state index contributed by atoms with van der Waals surface area (Å²) >= 11 is 0. The minimum absolute atomic E-state index is 0.229. The lowest BCUT2D eigenvalue weighted by Crippen LogP contribution is -2.29. The van der Waals surface area contributed by atoms with E-state index in [1.165, 1.54) is 12.8 Å². The molecule has 0 bridgehead atoms. The molecule has 1 atom stereocenters. The van der Waals surface area contributed by atoms with Gasteiger partial charge >= 0.3 is 0 Å². The van der Waals surface area contributed by atoms with E-state index in [9.17, 15) is 5.11 Å². The second-order valence-corrected chi connectivity index (χ2v) is 7.94. The summed E-state index contributed by atoms with van der Waals surface area (Å²) in [5.41, 5.74) is 3.82. The van der Waals surface area contributed by atoms with Crippen molar-refractivity contribution >= 4 is 16.7 Å². The highest BCUT2D eigenvalue weighted by molar-refractivity contribution is 5.92. The highest BCUT2D eigenvalue weighted by Crippen LogP contribution is 2.34. The zero-order valence-corrected chi connectivity index (χ0v) is 17.2. The summed E-state index contributed by atoms with van der Waals surface area (Å²) in [5.74, 6) is 0.716. The number of nitrogens with one attached hydrogen (secondary N) is 2. The van der Waals surface area contributed by atoms with Crippen LogP contribution >= 0.6 is 0 Å². The number of likely N-dealkylation sites (N-methyl/N-ethyl adjacent to an activating group) is 1. The van der Waals surface area contributed by atoms with Gasteiger partial charge < -0.3 is 20.5 Å². The Bertz CT molecular complexity index is 980. The van der Waals surface area contributed by atoms with Gasteiger partial charge in [0.2, 0.25) is 0 Å². The normalized spacial score (nSPS) is 15.1. The molecular weight excluding hydrogens is 366 g/mol. The summed E-state index contributed by atoms with van der Waals surface area (Å²) in [6.45, 7) is 4.96. The fourth-order valence-corrected chi connectivity index (χ4v) is 3.34. The lowest BCUT2D eigenvalue weighted by molar-refractivity contribution is 0.108. The maximum Gasteiger partial charge on any atom is 0.160 e. The molecule has 7 nitrogen and oxygen atoms in total. The van der Waals surface area contributed by atoms with E-state index in [1.807, 2.05) is 35.1 Å². The highest BCUT2D eigenvalue weighted by Gasteiger charge is 2.23. The predicted octanol–water partition coefficient (Wildman–Crippen LogP) is 3.21. The fraction of sp³-hybridized carbons (Fsp3) is 0.455. The van der Waals surface area contributed by atoms with Crippen LogP contribution in [0.25, 0.3) is 22.3 Å². The van der Waals surface area contributed by atoms with Crippen LogP contribution in [0.1, 0.15) is 32.7 Å². The molecular formula is C22H29N5O2. The van der Waals surface area contributed by atoms with Crippen molar-refractivity contribution in [3.8, 4) is 17.0 Å². The van der Waals surface area contributed by atoms with Crippen molar-refractivity contribution in [2.24, 2.45) is 0 Å². The standard InChI is InChI=1S/C22H29N5O2/c1-14(2)27-22-19(12-24-27)21(25-16-7-8-16)10-20(26-22)15-5-4-6-18(9-15)29-13-17(28)11-23-3/h4-6,9-10,12,14,16-17,23,28H,7-8,11,13H2,1-3H3,(H,25,26). The predicted molar refractivity (Wildman–Crippen MR) is 115 cm³/mol. The first-order chi connectivity index (χ1) is 14.0. The van der Waals surface area contributed by atoms with Crippen molar-refractivity contribution in [2.45, 2.75) is 44.9 Å². The van der Waals surface area contributed by atoms with E-state index in [0.29, 0.717) is 18.3 Å². The SMILES string of the molecule is CNCC(O)COc1cccc(-c2cc(NC3CC3)c3cnn(C(C)C)c3n2)c1. The second-order valence-electron chi connectivity index (χ2n) is 7.94. The van der Waals surface area contributed by atoms with Crippen molar-refractivity contribution in [3.05, 3.63) is 36.5 Å². The van der Waals surface area contributed by atoms with Crippen molar-refractivity contribution in [1.82, 2.24) is 20.1 Å². The summed E-state index contributed by atoms with van der Waals surface area (Å²) in [6.07, 6.45) is 3.76. The van der Waals surface area contributed by atoms with Crippen LogP contribution in [0.15, 0.2) is 36.5 Å². The van der Waals surface area contributed by atoms with Gasteiger partial charge in [0.1, 0.15) is 18.5 Å². The molecule has 7 heteroatoms. The van der Waals surface area contributed by atoms with Crippen molar-refractivity contribution in [1.29, 1.82) is 0 Å². The number of hydrogen-bond acceptors (Lipinski definition) is 6. The molecule has 154 valence electrons. The smallest absolute Gasteiger partial charge is 0.160 e. The average Bonchev–Trinajstić information content (AvgIpc) is 3.41. The quantitative estimate of drug-likeness (QED) is 0.516. The number of aliphatic hydroxyl groups is 1. The number of rotatable bonds is 9. The third-order valence-corrected chi connectivity index (χ3v) is 5.00. The molecule has 4 rings (SSSR count). The van der Waals surface area contributed by atoms with Gasteiger partial charge in [0.15, 0.2) is 5.65 Å². The van der Waals surface area contributed by atoms with Gasteiger partial charge in [-0.05, 0) is 51.9 Å². The Balaban J connectivity index is 1.67. The number of aliphatic hydroxyl groups excluding tert-OH is 1. The number of fused-ring (bicyclic) bond motifs is 1. The molecule has 2 aromatic heterocycles. The number of ether oxygens (including phenoxy) is 1. The zero-order valence-electron chi connectivity index (χ0n) is 17.2. The van der Waals surface area contributed by atoms with Crippen molar-refractivity contribution in [3.63, 3.8) is 0 Å². The number of hydrogen-bond donors (Lipinski definition) is 3. The maximum atomic E-state index is 9.88. The van der Waals surface area contributed by atoms with E-state index in [4.69, 9.17) is 9.72 Å². The highest BCUT2D eigenvalue weighted by atomic mass is 16.5. The van der Waals surface area contributed by atoms with Gasteiger partial charge in [-0.2, -0.15) is 5.10 Å². The molecule has 0 spiro atoms. The van der Waals surface area contributed by atoms with Gasteiger partial charge in [0.25, 0.3) is 0 Å². The van der Waals surface area contributed by atoms with E-state index >= 15 is 0 Å². The zero-order chi connectivity index (χ0) is 20.4. The molecule has 0 amide bonds. The first kappa shape index (κ1) is 19.7. The topological polar surface area (TPSA) is 84.2 Å². The fourth-order valence-electron chi connectivity index (χ4n) is 3.34. The molecule has 0 aliphatic heterocycles. The summed E-state index contributed by atoms with van der Waals surface area (Å²) in [6, 6.07) is 10.7. The van der Waals surface area contributed by atoms with Crippen LogP contribution in [-0.4, -0.2) is 52.2 Å². The summed E-state index contributed by atoms with van der Waals surface area (Å²) < 4.78 is 7.73. The van der Waals surface area contributed by atoms with Gasteiger partial charge in [-0.25, -0.2) is 9.67 Å². The summed E-state index contributed by atoms with van der Waals surface area (Å²) in [4.78, 5) is 4.93. The van der Waals surface area contributed by atoms with Crippen LogP contribution < -0.4 is 15.4 Å². The summed E-state index contributed by atoms with van der Waals surface area (Å²) in [5, 5.41) is 22.1. The van der Waals surface area contributed by atoms with Crippen molar-refractivity contribution in [2.75, 3.05) is 25.5 Å². The Morgan fingerprint density at radius 1 is 1.28 bits per heavy atom. The Morgan fingerprint density at radius 2 is 2.10 bits per heavy atom. The Morgan fingerprint density at radius 3 is 2.83 bits per heavy atom. The van der Waals surface area contributed by atoms with Crippen LogP contribution in [0.5, 0.6) is 5.75 Å². The molecule has 1 aliphatic carbocycles. The number of pyridine rings is 1. The van der Waals surface area contributed by atoms with Crippen LogP contribution in [0.2, 0.25) is 0 Å². The third-order valence-electron chi connectivity index (χ3n) is 5.00. The molecule has 1 saturated carbocycles. The molecule has 2 heterocycles. The second kappa shape index (κ2) is 8.39. The Hall–Kier alpha value is -2.64. The van der Waals surface area contributed by atoms with Gasteiger partial charge in [-0.15, -0.1) is 0 Å². The molecule has 0 radical (unpaired) electrons. The number of benzene rings is 1. The Kier molecular flexibility index (Phi) is 5.69. The molecule has 1 unspecified atom stereocenters. The first-order valence-corrected chi connectivity index (χ1v) is 10.3. The van der Waals surface area contributed by atoms with Gasteiger partial charge in [0.05, 0.1) is 17.3 Å². The largest absolute Gasteiger partial charge is 0.491 e. The lowest BCUT2D eigenvalue weighted by Gasteiger charge is -2.14. The molecule has 0 saturated heterocycles. The minimum Gasteiger partial charge on any atom is -0.491 e.